The van der Waals surface area contributed by atoms with Crippen LogP contribution in [0.5, 0.6) is 5.88 Å². The van der Waals surface area contributed by atoms with Crippen molar-refractivity contribution in [3.63, 3.8) is 0 Å². The second kappa shape index (κ2) is 9.41. The zero-order valence-electron chi connectivity index (χ0n) is 20.2. The minimum atomic E-state index is -0.0994. The quantitative estimate of drug-likeness (QED) is 0.525. The van der Waals surface area contributed by atoms with Gasteiger partial charge in [-0.05, 0) is 92.0 Å². The fourth-order valence-electron chi connectivity index (χ4n) is 6.52. The van der Waals surface area contributed by atoms with Crippen molar-refractivity contribution in [3.8, 4) is 23.1 Å². The van der Waals surface area contributed by atoms with Gasteiger partial charge in [0.2, 0.25) is 11.8 Å². The Bertz CT molecular complexity index is 1070. The van der Waals surface area contributed by atoms with Crippen molar-refractivity contribution in [1.82, 2.24) is 4.98 Å². The van der Waals surface area contributed by atoms with Gasteiger partial charge >= 0.3 is 0 Å². The number of methoxy groups -OCH3 is 1. The lowest BCUT2D eigenvalue weighted by Gasteiger charge is -2.51. The maximum absolute atomic E-state index is 13.2. The number of pyridine rings is 1. The van der Waals surface area contributed by atoms with E-state index in [1.54, 1.807) is 13.3 Å². The fraction of sp³-hybridized carbons (Fsp3) is 0.552. The lowest BCUT2D eigenvalue weighted by Crippen LogP contribution is -2.42. The topological polar surface area (TPSA) is 75.0 Å². The van der Waals surface area contributed by atoms with Gasteiger partial charge in [-0.1, -0.05) is 31.4 Å². The zero-order chi connectivity index (χ0) is 23.6. The normalized spacial score (nSPS) is 26.6. The number of nitrogens with zero attached hydrogens (tertiary/aromatic N) is 2. The number of anilines is 1. The third-order valence-corrected chi connectivity index (χ3v) is 8.86. The molecule has 0 spiro atoms. The minimum Gasteiger partial charge on any atom is -0.481 e. The van der Waals surface area contributed by atoms with Gasteiger partial charge in [0.1, 0.15) is 0 Å². The van der Waals surface area contributed by atoms with Crippen LogP contribution >= 0.6 is 0 Å². The Kier molecular flexibility index (Phi) is 6.34. The fourth-order valence-corrected chi connectivity index (χ4v) is 6.52. The molecule has 1 N–H and O–H groups in total. The summed E-state index contributed by atoms with van der Waals surface area (Å²) >= 11 is 0. The van der Waals surface area contributed by atoms with E-state index >= 15 is 0 Å². The number of nitriles is 1. The third-order valence-electron chi connectivity index (χ3n) is 8.86. The molecule has 6 rings (SSSR count). The van der Waals surface area contributed by atoms with Crippen LogP contribution in [0.1, 0.15) is 76.2 Å². The van der Waals surface area contributed by atoms with Gasteiger partial charge in [-0.15, -0.1) is 0 Å². The number of carbonyl (C=O) groups excluding carboxylic acids is 1. The molecule has 178 valence electrons. The zero-order valence-corrected chi connectivity index (χ0v) is 20.2. The predicted molar refractivity (Wildman–Crippen MR) is 133 cm³/mol. The first-order valence-corrected chi connectivity index (χ1v) is 12.9. The lowest BCUT2D eigenvalue weighted by atomic mass is 9.52. The molecule has 4 saturated carbocycles. The number of benzene rings is 1. The first kappa shape index (κ1) is 22.9. The smallest absolute Gasteiger partial charge is 0.227 e. The SMILES string of the molecule is COc1cc(-c2cccc(NC(=O)C3CCCCC3)c2CC23CCC(C#N)(CC2)CC3)ccn1. The van der Waals surface area contributed by atoms with E-state index < -0.39 is 0 Å². The van der Waals surface area contributed by atoms with E-state index in [2.05, 4.69) is 28.5 Å². The number of rotatable bonds is 6. The molecule has 0 aliphatic heterocycles. The molecule has 1 amide bonds. The molecule has 2 aromatic rings. The summed E-state index contributed by atoms with van der Waals surface area (Å²) in [6, 6.07) is 12.9. The van der Waals surface area contributed by atoms with Gasteiger partial charge in [0.05, 0.1) is 18.6 Å². The van der Waals surface area contributed by atoms with Gasteiger partial charge in [0.25, 0.3) is 0 Å². The summed E-state index contributed by atoms with van der Waals surface area (Å²) < 4.78 is 5.40. The Balaban J connectivity index is 1.50. The van der Waals surface area contributed by atoms with Gasteiger partial charge in [0.15, 0.2) is 0 Å². The van der Waals surface area contributed by atoms with E-state index in [0.717, 1.165) is 87.4 Å². The molecule has 4 aliphatic rings. The number of fused-ring (bicyclic) bond motifs is 3. The number of hydrogen-bond donors (Lipinski definition) is 1. The highest BCUT2D eigenvalue weighted by Gasteiger charge is 2.49. The molecule has 5 heteroatoms. The molecular weight excluding hydrogens is 422 g/mol. The molecule has 1 aromatic heterocycles. The van der Waals surface area contributed by atoms with Crippen LogP contribution in [0.4, 0.5) is 5.69 Å². The van der Waals surface area contributed by atoms with Crippen LogP contribution in [-0.2, 0) is 11.2 Å². The number of nitrogens with one attached hydrogen (secondary N) is 1. The van der Waals surface area contributed by atoms with Crippen molar-refractivity contribution in [2.45, 2.75) is 77.0 Å². The Morgan fingerprint density at radius 3 is 2.53 bits per heavy atom. The maximum atomic E-state index is 13.2. The summed E-state index contributed by atoms with van der Waals surface area (Å²) in [7, 11) is 1.64. The van der Waals surface area contributed by atoms with Crippen LogP contribution in [0.2, 0.25) is 0 Å². The first-order chi connectivity index (χ1) is 16.6. The first-order valence-electron chi connectivity index (χ1n) is 12.9. The lowest BCUT2D eigenvalue weighted by molar-refractivity contribution is -0.120. The molecule has 5 nitrogen and oxygen atoms in total. The molecule has 2 bridgehead atoms. The molecule has 4 aliphatic carbocycles. The van der Waals surface area contributed by atoms with E-state index in [1.807, 2.05) is 18.2 Å². The van der Waals surface area contributed by atoms with Crippen LogP contribution < -0.4 is 10.1 Å². The Labute approximate surface area is 202 Å². The largest absolute Gasteiger partial charge is 0.481 e. The summed E-state index contributed by atoms with van der Waals surface area (Å²) in [5, 5.41) is 13.1. The van der Waals surface area contributed by atoms with Crippen LogP contribution in [0.25, 0.3) is 11.1 Å². The summed E-state index contributed by atoms with van der Waals surface area (Å²) in [6.07, 6.45) is 14.5. The van der Waals surface area contributed by atoms with Crippen molar-refractivity contribution in [3.05, 3.63) is 42.1 Å². The summed E-state index contributed by atoms with van der Waals surface area (Å²) in [4.78, 5) is 17.5. The van der Waals surface area contributed by atoms with Crippen molar-refractivity contribution >= 4 is 11.6 Å². The highest BCUT2D eigenvalue weighted by molar-refractivity contribution is 5.94. The second-order valence-corrected chi connectivity index (χ2v) is 10.8. The highest BCUT2D eigenvalue weighted by Crippen LogP contribution is 2.58. The number of ether oxygens (including phenoxy) is 1. The molecule has 0 saturated heterocycles. The number of aromatic nitrogens is 1. The van der Waals surface area contributed by atoms with Crippen LogP contribution in [0.15, 0.2) is 36.5 Å². The molecule has 0 unspecified atom stereocenters. The van der Waals surface area contributed by atoms with Gasteiger partial charge in [-0.25, -0.2) is 4.98 Å². The monoisotopic (exact) mass is 457 g/mol. The van der Waals surface area contributed by atoms with Crippen molar-refractivity contribution in [2.24, 2.45) is 16.7 Å². The molecule has 0 atom stereocenters. The summed E-state index contributed by atoms with van der Waals surface area (Å²) in [6.45, 7) is 0. The molecule has 1 heterocycles. The molecule has 34 heavy (non-hydrogen) atoms. The number of carbonyl (C=O) groups is 1. The highest BCUT2D eigenvalue weighted by atomic mass is 16.5. The van der Waals surface area contributed by atoms with Crippen LogP contribution in [-0.4, -0.2) is 18.0 Å². The Morgan fingerprint density at radius 2 is 1.85 bits per heavy atom. The van der Waals surface area contributed by atoms with Crippen LogP contribution in [0, 0.1) is 28.1 Å². The minimum absolute atomic E-state index is 0.0994. The Morgan fingerprint density at radius 1 is 1.12 bits per heavy atom. The average molecular weight is 458 g/mol. The molecule has 0 radical (unpaired) electrons. The van der Waals surface area contributed by atoms with E-state index in [4.69, 9.17) is 4.74 Å². The number of amides is 1. The van der Waals surface area contributed by atoms with Crippen LogP contribution in [0.3, 0.4) is 0 Å². The van der Waals surface area contributed by atoms with Gasteiger partial charge in [-0.2, -0.15) is 5.26 Å². The summed E-state index contributed by atoms with van der Waals surface area (Å²) in [5.41, 5.74) is 4.46. The molecule has 4 fully saturated rings. The number of hydrogen-bond acceptors (Lipinski definition) is 4. The van der Waals surface area contributed by atoms with E-state index in [0.29, 0.717) is 5.88 Å². The van der Waals surface area contributed by atoms with E-state index in [-0.39, 0.29) is 22.7 Å². The average Bonchev–Trinajstić information content (AvgIpc) is 2.91. The van der Waals surface area contributed by atoms with Gasteiger partial charge < -0.3 is 10.1 Å². The Hall–Kier alpha value is -2.87. The van der Waals surface area contributed by atoms with Crippen molar-refractivity contribution in [1.29, 1.82) is 5.26 Å². The van der Waals surface area contributed by atoms with E-state index in [9.17, 15) is 10.1 Å². The molecular formula is C29H35N3O2. The van der Waals surface area contributed by atoms with Gasteiger partial charge in [-0.3, -0.25) is 4.79 Å². The second-order valence-electron chi connectivity index (χ2n) is 10.8. The van der Waals surface area contributed by atoms with E-state index in [1.165, 1.54) is 12.0 Å². The van der Waals surface area contributed by atoms with Gasteiger partial charge in [0, 0.05) is 23.9 Å². The standard InChI is InChI=1S/C29H35N3O2/c1-34-26-18-22(10-17-31-26)23-8-5-9-25(32-27(33)21-6-3-2-4-7-21)24(23)19-28-11-14-29(20-30,15-12-28)16-13-28/h5,8-10,17-18,21H,2-4,6-7,11-16,19H2,1H3,(H,32,33). The predicted octanol–water partition coefficient (Wildman–Crippen LogP) is 6.68. The maximum Gasteiger partial charge on any atom is 0.227 e. The van der Waals surface area contributed by atoms with Crippen molar-refractivity contribution in [2.75, 3.05) is 12.4 Å². The molecule has 1 aromatic carbocycles. The van der Waals surface area contributed by atoms with Crippen molar-refractivity contribution < 1.29 is 9.53 Å². The third kappa shape index (κ3) is 4.43. The summed E-state index contributed by atoms with van der Waals surface area (Å²) in [5.74, 6) is 0.871.